The molecule has 1 aliphatic carbocycles. The van der Waals surface area contributed by atoms with Crippen LogP contribution in [0.15, 0.2) is 35.3 Å². The SMILES string of the molecule is COC(=O)c1ccc2c(C3CCCCC3)c(Br)n(CC3OC=CO3)c2c1. The van der Waals surface area contributed by atoms with Gasteiger partial charge in [-0.3, -0.25) is 0 Å². The van der Waals surface area contributed by atoms with Gasteiger partial charge in [-0.2, -0.15) is 0 Å². The maximum absolute atomic E-state index is 12.0. The van der Waals surface area contributed by atoms with E-state index >= 15 is 0 Å². The Bertz CT molecular complexity index is 843. The van der Waals surface area contributed by atoms with E-state index in [1.54, 1.807) is 12.5 Å². The van der Waals surface area contributed by atoms with E-state index in [1.165, 1.54) is 50.2 Å². The standard InChI is InChI=1S/C20H22BrNO4/c1-24-20(23)14-7-8-15-16(11-14)22(12-17-25-9-10-26-17)19(21)18(15)13-5-3-2-4-6-13/h7-11,13,17H,2-6,12H2,1H3. The Morgan fingerprint density at radius 1 is 1.23 bits per heavy atom. The molecule has 0 radical (unpaired) electrons. The lowest BCUT2D eigenvalue weighted by Crippen LogP contribution is -2.17. The lowest BCUT2D eigenvalue weighted by atomic mass is 9.84. The van der Waals surface area contributed by atoms with Crippen LogP contribution in [0.1, 0.15) is 53.9 Å². The summed E-state index contributed by atoms with van der Waals surface area (Å²) in [6.45, 7) is 0.543. The molecule has 6 heteroatoms. The first-order chi connectivity index (χ1) is 12.7. The summed E-state index contributed by atoms with van der Waals surface area (Å²) in [5.74, 6) is 0.208. The first kappa shape index (κ1) is 17.5. The third-order valence-corrected chi connectivity index (χ3v) is 6.18. The maximum atomic E-state index is 12.0. The highest BCUT2D eigenvalue weighted by Crippen LogP contribution is 2.42. The van der Waals surface area contributed by atoms with Gasteiger partial charge in [-0.15, -0.1) is 0 Å². The van der Waals surface area contributed by atoms with E-state index in [9.17, 15) is 4.79 Å². The Morgan fingerprint density at radius 3 is 2.65 bits per heavy atom. The van der Waals surface area contributed by atoms with Gasteiger partial charge < -0.3 is 18.8 Å². The quantitative estimate of drug-likeness (QED) is 0.648. The molecular formula is C20H22BrNO4. The first-order valence-corrected chi connectivity index (χ1v) is 9.84. The summed E-state index contributed by atoms with van der Waals surface area (Å²) < 4.78 is 19.0. The fraction of sp³-hybridized carbons (Fsp3) is 0.450. The highest BCUT2D eigenvalue weighted by Gasteiger charge is 2.27. The number of fused-ring (bicyclic) bond motifs is 1. The molecule has 0 bridgehead atoms. The number of carbonyl (C=O) groups excluding carboxylic acids is 1. The molecule has 0 unspecified atom stereocenters. The molecule has 138 valence electrons. The Kier molecular flexibility index (Phi) is 4.94. The number of ether oxygens (including phenoxy) is 3. The van der Waals surface area contributed by atoms with Gasteiger partial charge in [0.25, 0.3) is 6.29 Å². The zero-order chi connectivity index (χ0) is 18.1. The van der Waals surface area contributed by atoms with Crippen LogP contribution in [0, 0.1) is 0 Å². The van der Waals surface area contributed by atoms with E-state index in [4.69, 9.17) is 14.2 Å². The van der Waals surface area contributed by atoms with Crippen LogP contribution in [0.2, 0.25) is 0 Å². The van der Waals surface area contributed by atoms with E-state index in [0.29, 0.717) is 18.0 Å². The van der Waals surface area contributed by atoms with Crippen molar-refractivity contribution in [1.29, 1.82) is 0 Å². The molecule has 2 aromatic rings. The largest absolute Gasteiger partial charge is 0.465 e. The van der Waals surface area contributed by atoms with Crippen LogP contribution in [0.3, 0.4) is 0 Å². The number of esters is 1. The van der Waals surface area contributed by atoms with Gasteiger partial charge in [-0.1, -0.05) is 25.3 Å². The molecular weight excluding hydrogens is 398 g/mol. The van der Waals surface area contributed by atoms with Crippen molar-refractivity contribution >= 4 is 32.8 Å². The monoisotopic (exact) mass is 419 g/mol. The lowest BCUT2D eigenvalue weighted by molar-refractivity contribution is -0.0337. The van der Waals surface area contributed by atoms with E-state index in [0.717, 1.165) is 10.1 Å². The zero-order valence-corrected chi connectivity index (χ0v) is 16.3. The summed E-state index contributed by atoms with van der Waals surface area (Å²) in [6.07, 6.45) is 9.02. The van der Waals surface area contributed by atoms with Crippen molar-refractivity contribution in [2.75, 3.05) is 7.11 Å². The molecule has 0 spiro atoms. The maximum Gasteiger partial charge on any atom is 0.337 e. The average molecular weight is 420 g/mol. The lowest BCUT2D eigenvalue weighted by Gasteiger charge is -2.22. The van der Waals surface area contributed by atoms with E-state index in [1.807, 2.05) is 18.2 Å². The summed E-state index contributed by atoms with van der Waals surface area (Å²) in [5, 5.41) is 1.18. The molecule has 0 amide bonds. The Balaban J connectivity index is 1.82. The number of benzene rings is 1. The molecule has 26 heavy (non-hydrogen) atoms. The van der Waals surface area contributed by atoms with Gasteiger partial charge in [-0.05, 0) is 52.4 Å². The number of halogens is 1. The van der Waals surface area contributed by atoms with Crippen LogP contribution in [0.25, 0.3) is 10.9 Å². The zero-order valence-electron chi connectivity index (χ0n) is 14.7. The molecule has 5 nitrogen and oxygen atoms in total. The van der Waals surface area contributed by atoms with Crippen LogP contribution in [-0.2, 0) is 20.8 Å². The number of methoxy groups -OCH3 is 1. The topological polar surface area (TPSA) is 49.7 Å². The van der Waals surface area contributed by atoms with Gasteiger partial charge >= 0.3 is 5.97 Å². The molecule has 0 saturated heterocycles. The fourth-order valence-electron chi connectivity index (χ4n) is 4.05. The summed E-state index contributed by atoms with van der Waals surface area (Å²) >= 11 is 3.83. The minimum atomic E-state index is -0.358. The summed E-state index contributed by atoms with van der Waals surface area (Å²) in [7, 11) is 1.40. The van der Waals surface area contributed by atoms with Crippen molar-refractivity contribution in [3.8, 4) is 0 Å². The summed E-state index contributed by atoms with van der Waals surface area (Å²) in [6, 6.07) is 5.80. The van der Waals surface area contributed by atoms with Crippen molar-refractivity contribution in [1.82, 2.24) is 4.57 Å². The molecule has 1 aromatic heterocycles. The summed E-state index contributed by atoms with van der Waals surface area (Å²) in [4.78, 5) is 12.0. The number of nitrogens with zero attached hydrogens (tertiary/aromatic N) is 1. The molecule has 1 aliphatic heterocycles. The Morgan fingerprint density at radius 2 is 1.96 bits per heavy atom. The van der Waals surface area contributed by atoms with Crippen molar-refractivity contribution in [3.05, 3.63) is 46.5 Å². The van der Waals surface area contributed by atoms with Gasteiger partial charge in [-0.25, -0.2) is 4.79 Å². The average Bonchev–Trinajstić information content (AvgIpc) is 3.28. The molecule has 2 aliphatic rings. The van der Waals surface area contributed by atoms with Crippen molar-refractivity contribution in [2.45, 2.75) is 50.9 Å². The normalized spacial score (nSPS) is 18.1. The van der Waals surface area contributed by atoms with Crippen molar-refractivity contribution < 1.29 is 19.0 Å². The third-order valence-electron chi connectivity index (χ3n) is 5.32. The van der Waals surface area contributed by atoms with Crippen LogP contribution in [0.4, 0.5) is 0 Å². The smallest absolute Gasteiger partial charge is 0.337 e. The van der Waals surface area contributed by atoms with Crippen molar-refractivity contribution in [2.24, 2.45) is 0 Å². The molecule has 0 N–H and O–H groups in total. The predicted molar refractivity (Wildman–Crippen MR) is 102 cm³/mol. The number of rotatable bonds is 4. The minimum Gasteiger partial charge on any atom is -0.465 e. The highest BCUT2D eigenvalue weighted by molar-refractivity contribution is 9.10. The number of hydrogen-bond donors (Lipinski definition) is 0. The summed E-state index contributed by atoms with van der Waals surface area (Å²) in [5.41, 5.74) is 2.88. The molecule has 1 saturated carbocycles. The van der Waals surface area contributed by atoms with Gasteiger partial charge in [0, 0.05) is 5.39 Å². The minimum absolute atomic E-state index is 0.329. The van der Waals surface area contributed by atoms with E-state index in [-0.39, 0.29) is 12.3 Å². The second kappa shape index (κ2) is 7.35. The first-order valence-electron chi connectivity index (χ1n) is 9.05. The molecule has 1 fully saturated rings. The molecule has 0 atom stereocenters. The van der Waals surface area contributed by atoms with Gasteiger partial charge in [0.15, 0.2) is 0 Å². The van der Waals surface area contributed by atoms with Gasteiger partial charge in [0.05, 0.1) is 29.3 Å². The van der Waals surface area contributed by atoms with Gasteiger partial charge in [0.1, 0.15) is 12.5 Å². The number of hydrogen-bond acceptors (Lipinski definition) is 4. The van der Waals surface area contributed by atoms with Gasteiger partial charge in [0.2, 0.25) is 0 Å². The van der Waals surface area contributed by atoms with Crippen LogP contribution in [-0.4, -0.2) is 23.9 Å². The van der Waals surface area contributed by atoms with Crippen molar-refractivity contribution in [3.63, 3.8) is 0 Å². The molecule has 1 aromatic carbocycles. The predicted octanol–water partition coefficient (Wildman–Crippen LogP) is 5.08. The molecule has 4 rings (SSSR count). The Hall–Kier alpha value is -1.95. The van der Waals surface area contributed by atoms with Crippen LogP contribution < -0.4 is 0 Å². The second-order valence-electron chi connectivity index (χ2n) is 6.85. The second-order valence-corrected chi connectivity index (χ2v) is 7.60. The number of carbonyl (C=O) groups is 1. The third kappa shape index (κ3) is 3.11. The van der Waals surface area contributed by atoms with E-state index in [2.05, 4.69) is 20.5 Å². The van der Waals surface area contributed by atoms with Crippen LogP contribution >= 0.6 is 15.9 Å². The highest BCUT2D eigenvalue weighted by atomic mass is 79.9. The van der Waals surface area contributed by atoms with Crippen LogP contribution in [0.5, 0.6) is 0 Å². The molecule has 2 heterocycles. The fourth-order valence-corrected chi connectivity index (χ4v) is 4.93. The Labute approximate surface area is 161 Å². The van der Waals surface area contributed by atoms with E-state index < -0.39 is 0 Å². The number of aromatic nitrogens is 1.